The van der Waals surface area contributed by atoms with Crippen LogP contribution in [0.4, 0.5) is 5.82 Å². The SMILES string of the molecule is CC1CC1Nc1ncnc2ccccc12. The molecule has 1 aromatic heterocycles. The molecule has 1 saturated carbocycles. The normalized spacial score (nSPS) is 24.1. The van der Waals surface area contributed by atoms with Gasteiger partial charge in [0.1, 0.15) is 12.1 Å². The Morgan fingerprint density at radius 1 is 1.27 bits per heavy atom. The molecule has 2 unspecified atom stereocenters. The largest absolute Gasteiger partial charge is 0.366 e. The lowest BCUT2D eigenvalue weighted by atomic mass is 10.2. The molecular weight excluding hydrogens is 186 g/mol. The van der Waals surface area contributed by atoms with Gasteiger partial charge in [-0.2, -0.15) is 0 Å². The van der Waals surface area contributed by atoms with E-state index in [2.05, 4.69) is 28.3 Å². The Balaban J connectivity index is 2.02. The minimum absolute atomic E-state index is 0.600. The first-order valence-corrected chi connectivity index (χ1v) is 5.31. The van der Waals surface area contributed by atoms with Gasteiger partial charge >= 0.3 is 0 Å². The van der Waals surface area contributed by atoms with Gasteiger partial charge in [0.05, 0.1) is 5.52 Å². The van der Waals surface area contributed by atoms with Crippen molar-refractivity contribution >= 4 is 16.7 Å². The summed E-state index contributed by atoms with van der Waals surface area (Å²) >= 11 is 0. The van der Waals surface area contributed by atoms with E-state index in [9.17, 15) is 0 Å². The lowest BCUT2D eigenvalue weighted by Gasteiger charge is -2.06. The van der Waals surface area contributed by atoms with Crippen LogP contribution in [-0.4, -0.2) is 16.0 Å². The van der Waals surface area contributed by atoms with E-state index in [4.69, 9.17) is 0 Å². The molecule has 3 rings (SSSR count). The molecule has 1 aliphatic rings. The fraction of sp³-hybridized carbons (Fsp3) is 0.333. The summed E-state index contributed by atoms with van der Waals surface area (Å²) in [5.41, 5.74) is 1.00. The standard InChI is InChI=1S/C12H13N3/c1-8-6-11(8)15-12-9-4-2-3-5-10(9)13-7-14-12/h2-5,7-8,11H,6H2,1H3,(H,13,14,15). The van der Waals surface area contributed by atoms with Crippen LogP contribution < -0.4 is 5.32 Å². The van der Waals surface area contributed by atoms with Crippen LogP contribution in [0, 0.1) is 5.92 Å². The van der Waals surface area contributed by atoms with Crippen molar-refractivity contribution in [1.29, 1.82) is 0 Å². The average molecular weight is 199 g/mol. The number of hydrogen-bond donors (Lipinski definition) is 1. The van der Waals surface area contributed by atoms with Gasteiger partial charge in [-0.05, 0) is 24.5 Å². The number of nitrogens with zero attached hydrogens (tertiary/aromatic N) is 2. The maximum absolute atomic E-state index is 4.30. The number of rotatable bonds is 2. The predicted molar refractivity (Wildman–Crippen MR) is 60.7 cm³/mol. The lowest BCUT2D eigenvalue weighted by molar-refractivity contribution is 0.924. The molecule has 76 valence electrons. The third-order valence-corrected chi connectivity index (χ3v) is 2.97. The molecule has 1 aliphatic carbocycles. The molecule has 2 atom stereocenters. The maximum atomic E-state index is 4.30. The summed E-state index contributed by atoms with van der Waals surface area (Å²) in [7, 11) is 0. The van der Waals surface area contributed by atoms with Crippen molar-refractivity contribution in [3.8, 4) is 0 Å². The van der Waals surface area contributed by atoms with Crippen molar-refractivity contribution in [3.05, 3.63) is 30.6 Å². The second-order valence-electron chi connectivity index (χ2n) is 4.20. The molecule has 0 radical (unpaired) electrons. The van der Waals surface area contributed by atoms with E-state index in [1.54, 1.807) is 6.33 Å². The van der Waals surface area contributed by atoms with Gasteiger partial charge in [-0.25, -0.2) is 9.97 Å². The van der Waals surface area contributed by atoms with Crippen molar-refractivity contribution < 1.29 is 0 Å². The fourth-order valence-corrected chi connectivity index (χ4v) is 1.82. The molecule has 15 heavy (non-hydrogen) atoms. The number of hydrogen-bond acceptors (Lipinski definition) is 3. The molecule has 3 nitrogen and oxygen atoms in total. The highest BCUT2D eigenvalue weighted by atomic mass is 15.1. The number of nitrogens with one attached hydrogen (secondary N) is 1. The summed E-state index contributed by atoms with van der Waals surface area (Å²) in [6.07, 6.45) is 2.87. The predicted octanol–water partition coefficient (Wildman–Crippen LogP) is 2.45. The topological polar surface area (TPSA) is 37.8 Å². The molecule has 1 heterocycles. The average Bonchev–Trinajstić information content (AvgIpc) is 2.95. The first kappa shape index (κ1) is 8.65. The number of fused-ring (bicyclic) bond motifs is 1. The van der Waals surface area contributed by atoms with E-state index in [0.29, 0.717) is 6.04 Å². The molecular formula is C12H13N3. The molecule has 0 aliphatic heterocycles. The Morgan fingerprint density at radius 2 is 2.07 bits per heavy atom. The molecule has 0 saturated heterocycles. The molecule has 1 aromatic carbocycles. The zero-order valence-corrected chi connectivity index (χ0v) is 8.64. The Labute approximate surface area is 88.6 Å². The van der Waals surface area contributed by atoms with Gasteiger partial charge in [-0.1, -0.05) is 19.1 Å². The fourth-order valence-electron chi connectivity index (χ4n) is 1.82. The highest BCUT2D eigenvalue weighted by molar-refractivity contribution is 5.88. The summed E-state index contributed by atoms with van der Waals surface area (Å²) in [5, 5.41) is 4.57. The van der Waals surface area contributed by atoms with E-state index in [1.807, 2.05) is 18.2 Å². The summed E-state index contributed by atoms with van der Waals surface area (Å²) < 4.78 is 0. The van der Waals surface area contributed by atoms with Gasteiger partial charge in [-0.15, -0.1) is 0 Å². The minimum atomic E-state index is 0.600. The van der Waals surface area contributed by atoms with E-state index < -0.39 is 0 Å². The third kappa shape index (κ3) is 1.54. The van der Waals surface area contributed by atoms with Crippen molar-refractivity contribution in [2.24, 2.45) is 5.92 Å². The van der Waals surface area contributed by atoms with Gasteiger partial charge in [0.25, 0.3) is 0 Å². The van der Waals surface area contributed by atoms with Gasteiger partial charge in [-0.3, -0.25) is 0 Å². The van der Waals surface area contributed by atoms with Crippen molar-refractivity contribution in [2.45, 2.75) is 19.4 Å². The minimum Gasteiger partial charge on any atom is -0.366 e. The van der Waals surface area contributed by atoms with E-state index in [1.165, 1.54) is 6.42 Å². The number of anilines is 1. The Morgan fingerprint density at radius 3 is 2.87 bits per heavy atom. The first-order chi connectivity index (χ1) is 7.34. The zero-order chi connectivity index (χ0) is 10.3. The molecule has 1 fully saturated rings. The second-order valence-corrected chi connectivity index (χ2v) is 4.20. The smallest absolute Gasteiger partial charge is 0.137 e. The van der Waals surface area contributed by atoms with Crippen LogP contribution in [0.5, 0.6) is 0 Å². The van der Waals surface area contributed by atoms with Crippen LogP contribution in [-0.2, 0) is 0 Å². The molecule has 2 aromatic rings. The number of aromatic nitrogens is 2. The monoisotopic (exact) mass is 199 g/mol. The molecule has 0 amide bonds. The third-order valence-electron chi connectivity index (χ3n) is 2.97. The Bertz CT molecular complexity index is 490. The summed E-state index contributed by atoms with van der Waals surface area (Å²) in [6, 6.07) is 8.69. The van der Waals surface area contributed by atoms with E-state index in [0.717, 1.165) is 22.6 Å². The van der Waals surface area contributed by atoms with Gasteiger partial charge in [0.15, 0.2) is 0 Å². The van der Waals surface area contributed by atoms with Crippen molar-refractivity contribution in [2.75, 3.05) is 5.32 Å². The van der Waals surface area contributed by atoms with E-state index >= 15 is 0 Å². The lowest BCUT2D eigenvalue weighted by Crippen LogP contribution is -2.05. The van der Waals surface area contributed by atoms with Crippen molar-refractivity contribution in [1.82, 2.24) is 9.97 Å². The molecule has 0 spiro atoms. The Hall–Kier alpha value is -1.64. The summed E-state index contributed by atoms with van der Waals surface area (Å²) in [5.74, 6) is 1.74. The van der Waals surface area contributed by atoms with Crippen LogP contribution in [0.2, 0.25) is 0 Å². The molecule has 3 heteroatoms. The van der Waals surface area contributed by atoms with Crippen LogP contribution in [0.25, 0.3) is 10.9 Å². The van der Waals surface area contributed by atoms with Crippen LogP contribution in [0.1, 0.15) is 13.3 Å². The second kappa shape index (κ2) is 3.19. The quantitative estimate of drug-likeness (QED) is 0.807. The van der Waals surface area contributed by atoms with Gasteiger partial charge in [0.2, 0.25) is 0 Å². The zero-order valence-electron chi connectivity index (χ0n) is 8.64. The van der Waals surface area contributed by atoms with Crippen LogP contribution in [0.15, 0.2) is 30.6 Å². The highest BCUT2D eigenvalue weighted by Gasteiger charge is 2.32. The first-order valence-electron chi connectivity index (χ1n) is 5.31. The van der Waals surface area contributed by atoms with Crippen molar-refractivity contribution in [3.63, 3.8) is 0 Å². The summed E-state index contributed by atoms with van der Waals surface area (Å²) in [4.78, 5) is 8.54. The number of para-hydroxylation sites is 1. The highest BCUT2D eigenvalue weighted by Crippen LogP contribution is 2.33. The molecule has 1 N–H and O–H groups in total. The van der Waals surface area contributed by atoms with Gasteiger partial charge < -0.3 is 5.32 Å². The number of benzene rings is 1. The maximum Gasteiger partial charge on any atom is 0.137 e. The Kier molecular flexibility index (Phi) is 1.84. The van der Waals surface area contributed by atoms with Crippen LogP contribution >= 0.6 is 0 Å². The van der Waals surface area contributed by atoms with Gasteiger partial charge in [0, 0.05) is 11.4 Å². The van der Waals surface area contributed by atoms with Crippen LogP contribution in [0.3, 0.4) is 0 Å². The molecule has 0 bridgehead atoms. The summed E-state index contributed by atoms with van der Waals surface area (Å²) in [6.45, 7) is 2.25. The van der Waals surface area contributed by atoms with E-state index in [-0.39, 0.29) is 0 Å².